The molecule has 0 saturated heterocycles. The lowest BCUT2D eigenvalue weighted by atomic mass is 9.99. The van der Waals surface area contributed by atoms with Crippen LogP contribution in [-0.2, 0) is 9.59 Å². The highest BCUT2D eigenvalue weighted by Crippen LogP contribution is 2.16. The van der Waals surface area contributed by atoms with Crippen LogP contribution in [0.4, 0.5) is 0 Å². The lowest BCUT2D eigenvalue weighted by Gasteiger charge is -2.20. The largest absolute Gasteiger partial charge is 0.494 e. The fraction of sp³-hybridized carbons (Fsp3) is 0.556. The van der Waals surface area contributed by atoms with E-state index in [1.807, 2.05) is 45.9 Å². The number of benzene rings is 1. The molecule has 0 aliphatic heterocycles. The van der Waals surface area contributed by atoms with Crippen molar-refractivity contribution in [2.24, 2.45) is 5.92 Å². The standard InChI is InChI=1S/C18H27NO4/c1-5-12(2)17(18(21)22)19-16(20)7-6-10-23-15-9-8-13(3)14(4)11-15/h8-9,11-12,17H,5-7,10H2,1-4H3,(H,19,20)(H,21,22). The van der Waals surface area contributed by atoms with E-state index in [9.17, 15) is 9.59 Å². The van der Waals surface area contributed by atoms with Crippen LogP contribution in [0.2, 0.25) is 0 Å². The number of nitrogens with one attached hydrogen (secondary N) is 1. The van der Waals surface area contributed by atoms with Crippen molar-refractivity contribution < 1.29 is 19.4 Å². The van der Waals surface area contributed by atoms with E-state index in [2.05, 4.69) is 5.32 Å². The summed E-state index contributed by atoms with van der Waals surface area (Å²) in [6.07, 6.45) is 1.50. The van der Waals surface area contributed by atoms with Crippen LogP contribution in [0.3, 0.4) is 0 Å². The molecule has 128 valence electrons. The van der Waals surface area contributed by atoms with Gasteiger partial charge in [-0.05, 0) is 49.4 Å². The number of aliphatic carboxylic acids is 1. The van der Waals surface area contributed by atoms with Crippen molar-refractivity contribution in [1.29, 1.82) is 0 Å². The maximum atomic E-state index is 11.9. The Morgan fingerprint density at radius 1 is 1.26 bits per heavy atom. The number of ether oxygens (including phenoxy) is 1. The average Bonchev–Trinajstić information content (AvgIpc) is 2.51. The van der Waals surface area contributed by atoms with Crippen molar-refractivity contribution in [3.63, 3.8) is 0 Å². The first-order valence-electron chi connectivity index (χ1n) is 8.07. The molecule has 2 atom stereocenters. The molecule has 0 saturated carbocycles. The average molecular weight is 321 g/mol. The molecule has 0 fully saturated rings. The fourth-order valence-corrected chi connectivity index (χ4v) is 2.16. The van der Waals surface area contributed by atoms with Crippen molar-refractivity contribution in [1.82, 2.24) is 5.32 Å². The molecule has 0 aliphatic carbocycles. The summed E-state index contributed by atoms with van der Waals surface area (Å²) in [4.78, 5) is 23.0. The second-order valence-electron chi connectivity index (χ2n) is 5.97. The van der Waals surface area contributed by atoms with Gasteiger partial charge in [-0.3, -0.25) is 4.79 Å². The van der Waals surface area contributed by atoms with Crippen LogP contribution in [0.25, 0.3) is 0 Å². The first kappa shape index (κ1) is 19.0. The molecule has 1 aromatic carbocycles. The summed E-state index contributed by atoms with van der Waals surface area (Å²) in [6.45, 7) is 8.22. The topological polar surface area (TPSA) is 75.6 Å². The predicted octanol–water partition coefficient (Wildman–Crippen LogP) is 3.08. The molecule has 0 aromatic heterocycles. The summed E-state index contributed by atoms with van der Waals surface area (Å²) < 4.78 is 5.62. The molecule has 0 spiro atoms. The first-order chi connectivity index (χ1) is 10.8. The van der Waals surface area contributed by atoms with E-state index in [4.69, 9.17) is 9.84 Å². The quantitative estimate of drug-likeness (QED) is 0.685. The van der Waals surface area contributed by atoms with Gasteiger partial charge in [0.1, 0.15) is 11.8 Å². The highest BCUT2D eigenvalue weighted by Gasteiger charge is 2.24. The van der Waals surface area contributed by atoms with Crippen LogP contribution in [0, 0.1) is 19.8 Å². The summed E-state index contributed by atoms with van der Waals surface area (Å²) in [5, 5.41) is 11.7. The third kappa shape index (κ3) is 6.30. The lowest BCUT2D eigenvalue weighted by molar-refractivity contribution is -0.143. The molecule has 0 bridgehead atoms. The van der Waals surface area contributed by atoms with Crippen molar-refractivity contribution in [3.05, 3.63) is 29.3 Å². The van der Waals surface area contributed by atoms with Crippen molar-refractivity contribution in [2.75, 3.05) is 6.61 Å². The third-order valence-electron chi connectivity index (χ3n) is 4.09. The van der Waals surface area contributed by atoms with Gasteiger partial charge in [0.25, 0.3) is 0 Å². The maximum absolute atomic E-state index is 11.9. The first-order valence-corrected chi connectivity index (χ1v) is 8.07. The Bertz CT molecular complexity index is 542. The van der Waals surface area contributed by atoms with Gasteiger partial charge in [0, 0.05) is 6.42 Å². The van der Waals surface area contributed by atoms with Gasteiger partial charge in [-0.15, -0.1) is 0 Å². The number of carboxylic acid groups (broad SMARTS) is 1. The van der Waals surface area contributed by atoms with Gasteiger partial charge in [0.2, 0.25) is 5.91 Å². The number of hydrogen-bond acceptors (Lipinski definition) is 3. The minimum atomic E-state index is -0.987. The Kier molecular flexibility index (Phi) is 7.59. The van der Waals surface area contributed by atoms with Crippen LogP contribution in [0.1, 0.15) is 44.2 Å². The van der Waals surface area contributed by atoms with E-state index in [1.165, 1.54) is 5.56 Å². The Labute approximate surface area is 138 Å². The minimum absolute atomic E-state index is 0.0942. The van der Waals surface area contributed by atoms with Crippen LogP contribution in [0.5, 0.6) is 5.75 Å². The third-order valence-corrected chi connectivity index (χ3v) is 4.09. The molecule has 1 aromatic rings. The van der Waals surface area contributed by atoms with Gasteiger partial charge < -0.3 is 15.2 Å². The van der Waals surface area contributed by atoms with E-state index in [0.717, 1.165) is 11.3 Å². The second-order valence-corrected chi connectivity index (χ2v) is 5.97. The van der Waals surface area contributed by atoms with Crippen molar-refractivity contribution in [2.45, 2.75) is 53.0 Å². The Balaban J connectivity index is 2.35. The zero-order valence-electron chi connectivity index (χ0n) is 14.4. The summed E-state index contributed by atoms with van der Waals surface area (Å²) in [5.74, 6) is -0.541. The van der Waals surface area contributed by atoms with Crippen LogP contribution in [0.15, 0.2) is 18.2 Å². The number of rotatable bonds is 9. The van der Waals surface area contributed by atoms with Gasteiger partial charge in [-0.2, -0.15) is 0 Å². The Hall–Kier alpha value is -2.04. The van der Waals surface area contributed by atoms with Gasteiger partial charge in [0.15, 0.2) is 0 Å². The Morgan fingerprint density at radius 2 is 1.96 bits per heavy atom. The second kappa shape index (κ2) is 9.18. The summed E-state index contributed by atoms with van der Waals surface area (Å²) in [7, 11) is 0. The van der Waals surface area contributed by atoms with Crippen LogP contribution in [-0.4, -0.2) is 29.6 Å². The molecular formula is C18H27NO4. The number of carboxylic acids is 1. The molecule has 1 amide bonds. The number of carbonyl (C=O) groups is 2. The number of aryl methyl sites for hydroxylation is 2. The smallest absolute Gasteiger partial charge is 0.326 e. The number of carbonyl (C=O) groups excluding carboxylic acids is 1. The molecule has 1 rings (SSSR count). The van der Waals surface area contributed by atoms with Crippen LogP contribution < -0.4 is 10.1 Å². The van der Waals surface area contributed by atoms with Crippen molar-refractivity contribution in [3.8, 4) is 5.75 Å². The zero-order valence-corrected chi connectivity index (χ0v) is 14.4. The Morgan fingerprint density at radius 3 is 2.52 bits per heavy atom. The van der Waals surface area contributed by atoms with Crippen LogP contribution >= 0.6 is 0 Å². The van der Waals surface area contributed by atoms with E-state index >= 15 is 0 Å². The molecular weight excluding hydrogens is 294 g/mol. The number of hydrogen-bond donors (Lipinski definition) is 2. The fourth-order valence-electron chi connectivity index (χ4n) is 2.16. The van der Waals surface area contributed by atoms with Crippen molar-refractivity contribution >= 4 is 11.9 Å². The maximum Gasteiger partial charge on any atom is 0.326 e. The lowest BCUT2D eigenvalue weighted by Crippen LogP contribution is -2.45. The van der Waals surface area contributed by atoms with Gasteiger partial charge in [0.05, 0.1) is 6.61 Å². The summed E-state index contributed by atoms with van der Waals surface area (Å²) in [6, 6.07) is 5.05. The molecule has 2 unspecified atom stereocenters. The van der Waals surface area contributed by atoms with E-state index in [1.54, 1.807) is 0 Å². The highest BCUT2D eigenvalue weighted by atomic mass is 16.5. The minimum Gasteiger partial charge on any atom is -0.494 e. The molecule has 5 nitrogen and oxygen atoms in total. The summed E-state index contributed by atoms with van der Waals surface area (Å²) in [5.41, 5.74) is 2.37. The SMILES string of the molecule is CCC(C)C(NC(=O)CCCOc1ccc(C)c(C)c1)C(=O)O. The molecule has 2 N–H and O–H groups in total. The zero-order chi connectivity index (χ0) is 17.4. The monoisotopic (exact) mass is 321 g/mol. The van der Waals surface area contributed by atoms with Gasteiger partial charge >= 0.3 is 5.97 Å². The normalized spacial score (nSPS) is 13.2. The van der Waals surface area contributed by atoms with E-state index in [0.29, 0.717) is 19.4 Å². The molecule has 5 heteroatoms. The molecule has 0 heterocycles. The summed E-state index contributed by atoms with van der Waals surface area (Å²) >= 11 is 0. The molecule has 0 radical (unpaired) electrons. The number of amides is 1. The van der Waals surface area contributed by atoms with E-state index < -0.39 is 12.0 Å². The predicted molar refractivity (Wildman–Crippen MR) is 89.7 cm³/mol. The molecule has 0 aliphatic rings. The molecule has 23 heavy (non-hydrogen) atoms. The van der Waals surface area contributed by atoms with Gasteiger partial charge in [-0.1, -0.05) is 26.3 Å². The van der Waals surface area contributed by atoms with E-state index in [-0.39, 0.29) is 18.2 Å². The highest BCUT2D eigenvalue weighted by molar-refractivity contribution is 5.83. The van der Waals surface area contributed by atoms with Gasteiger partial charge in [-0.25, -0.2) is 4.79 Å².